The lowest BCUT2D eigenvalue weighted by Gasteiger charge is -2.15. The minimum absolute atomic E-state index is 0.0314. The molecule has 0 aliphatic carbocycles. The smallest absolute Gasteiger partial charge is 0.231 e. The quantitative estimate of drug-likeness (QED) is 0.661. The first-order valence-corrected chi connectivity index (χ1v) is 7.42. The number of hydrogen-bond acceptors (Lipinski definition) is 7. The Balaban J connectivity index is 1.82. The highest BCUT2D eigenvalue weighted by molar-refractivity contribution is 5.75. The Bertz CT molecular complexity index is 496. The molecule has 8 nitrogen and oxygen atoms in total. The van der Waals surface area contributed by atoms with Crippen LogP contribution >= 0.6 is 0 Å². The third-order valence-corrected chi connectivity index (χ3v) is 3.37. The molecule has 1 saturated heterocycles. The molecule has 8 heteroatoms. The molecule has 2 heterocycles. The van der Waals surface area contributed by atoms with Crippen molar-refractivity contribution in [3.8, 4) is 5.88 Å². The molecule has 0 saturated carbocycles. The van der Waals surface area contributed by atoms with Crippen LogP contribution in [-0.2, 0) is 4.79 Å². The maximum absolute atomic E-state index is 10.9. The first-order valence-electron chi connectivity index (χ1n) is 7.42. The van der Waals surface area contributed by atoms with Crippen molar-refractivity contribution in [2.24, 2.45) is 5.73 Å². The molecule has 2 rings (SSSR count). The van der Waals surface area contributed by atoms with E-state index in [1.54, 1.807) is 12.3 Å². The van der Waals surface area contributed by atoms with E-state index in [1.165, 1.54) is 0 Å². The Hall–Kier alpha value is -1.93. The summed E-state index contributed by atoms with van der Waals surface area (Å²) in [5, 5.41) is 3.16. The standard InChI is InChI=1S/C14H24N6O2/c1-19(2)8-6-17-14-16-5-3-13(18-14)22-11-4-7-20(9-11)10-12(15)21/h3,5,11H,4,6-10H2,1-2H3,(H2,15,21)(H,16,17,18). The molecule has 0 bridgehead atoms. The second-order valence-electron chi connectivity index (χ2n) is 5.68. The first kappa shape index (κ1) is 16.4. The number of likely N-dealkylation sites (N-methyl/N-ethyl adjacent to an activating group) is 1. The molecule has 1 atom stereocenters. The van der Waals surface area contributed by atoms with Gasteiger partial charge in [0.25, 0.3) is 0 Å². The lowest BCUT2D eigenvalue weighted by Crippen LogP contribution is -2.33. The molecule has 1 aliphatic rings. The number of nitrogens with two attached hydrogens (primary N) is 1. The maximum Gasteiger partial charge on any atom is 0.231 e. The van der Waals surface area contributed by atoms with E-state index in [1.807, 2.05) is 19.0 Å². The molecule has 0 radical (unpaired) electrons. The van der Waals surface area contributed by atoms with E-state index >= 15 is 0 Å². The van der Waals surface area contributed by atoms with Crippen LogP contribution in [0.1, 0.15) is 6.42 Å². The van der Waals surface area contributed by atoms with Crippen LogP contribution in [0.2, 0.25) is 0 Å². The van der Waals surface area contributed by atoms with Crippen LogP contribution < -0.4 is 15.8 Å². The number of aromatic nitrogens is 2. The summed E-state index contributed by atoms with van der Waals surface area (Å²) in [6.45, 7) is 3.45. The SMILES string of the molecule is CN(C)CCNc1nccc(OC2CCN(CC(N)=O)C2)n1. The van der Waals surface area contributed by atoms with Gasteiger partial charge in [0.2, 0.25) is 17.7 Å². The van der Waals surface area contributed by atoms with Crippen molar-refractivity contribution < 1.29 is 9.53 Å². The fourth-order valence-electron chi connectivity index (χ4n) is 2.31. The highest BCUT2D eigenvalue weighted by Crippen LogP contribution is 2.16. The number of likely N-dealkylation sites (tertiary alicyclic amines) is 1. The second kappa shape index (κ2) is 7.90. The van der Waals surface area contributed by atoms with Crippen molar-refractivity contribution in [3.05, 3.63) is 12.3 Å². The van der Waals surface area contributed by atoms with Gasteiger partial charge in [0.15, 0.2) is 0 Å². The summed E-state index contributed by atoms with van der Waals surface area (Å²) in [5.74, 6) is 0.801. The van der Waals surface area contributed by atoms with E-state index in [0.29, 0.717) is 18.4 Å². The van der Waals surface area contributed by atoms with Crippen molar-refractivity contribution in [2.45, 2.75) is 12.5 Å². The lowest BCUT2D eigenvalue weighted by molar-refractivity contribution is -0.118. The van der Waals surface area contributed by atoms with Crippen LogP contribution in [0.4, 0.5) is 5.95 Å². The summed E-state index contributed by atoms with van der Waals surface area (Å²) in [7, 11) is 4.03. The van der Waals surface area contributed by atoms with Crippen molar-refractivity contribution in [1.29, 1.82) is 0 Å². The molecule has 0 spiro atoms. The molecule has 22 heavy (non-hydrogen) atoms. The monoisotopic (exact) mass is 308 g/mol. The van der Waals surface area contributed by atoms with Gasteiger partial charge in [-0.2, -0.15) is 4.98 Å². The average molecular weight is 308 g/mol. The Labute approximate surface area is 130 Å². The predicted molar refractivity (Wildman–Crippen MR) is 83.7 cm³/mol. The van der Waals surface area contributed by atoms with E-state index < -0.39 is 0 Å². The molecule has 1 aliphatic heterocycles. The zero-order chi connectivity index (χ0) is 15.9. The van der Waals surface area contributed by atoms with Crippen molar-refractivity contribution >= 4 is 11.9 Å². The topological polar surface area (TPSA) is 96.6 Å². The van der Waals surface area contributed by atoms with Crippen LogP contribution in [0.15, 0.2) is 12.3 Å². The zero-order valence-corrected chi connectivity index (χ0v) is 13.2. The normalized spacial score (nSPS) is 18.6. The number of amides is 1. The van der Waals surface area contributed by atoms with E-state index in [2.05, 4.69) is 20.2 Å². The molecule has 1 fully saturated rings. The van der Waals surface area contributed by atoms with Gasteiger partial charge in [0.1, 0.15) is 6.10 Å². The van der Waals surface area contributed by atoms with Crippen molar-refractivity contribution in [2.75, 3.05) is 52.1 Å². The molecule has 1 aromatic heterocycles. The summed E-state index contributed by atoms with van der Waals surface area (Å²) in [4.78, 5) is 23.5. The summed E-state index contributed by atoms with van der Waals surface area (Å²) < 4.78 is 5.86. The van der Waals surface area contributed by atoms with Crippen LogP contribution in [0.5, 0.6) is 5.88 Å². The number of nitrogens with one attached hydrogen (secondary N) is 1. The molecular formula is C14H24N6O2. The van der Waals surface area contributed by atoms with E-state index in [9.17, 15) is 4.79 Å². The van der Waals surface area contributed by atoms with Gasteiger partial charge in [-0.25, -0.2) is 4.98 Å². The summed E-state index contributed by atoms with van der Waals surface area (Å²) in [5.41, 5.74) is 5.20. The van der Waals surface area contributed by atoms with E-state index in [-0.39, 0.29) is 18.6 Å². The number of primary amides is 1. The molecule has 1 amide bonds. The van der Waals surface area contributed by atoms with Crippen LogP contribution in [0, 0.1) is 0 Å². The molecular weight excluding hydrogens is 284 g/mol. The third-order valence-electron chi connectivity index (χ3n) is 3.37. The fourth-order valence-corrected chi connectivity index (χ4v) is 2.31. The highest BCUT2D eigenvalue weighted by Gasteiger charge is 2.25. The Morgan fingerprint density at radius 1 is 1.59 bits per heavy atom. The van der Waals surface area contributed by atoms with Crippen LogP contribution in [0.3, 0.4) is 0 Å². The molecule has 1 unspecified atom stereocenters. The first-order chi connectivity index (χ1) is 10.5. The van der Waals surface area contributed by atoms with Gasteiger partial charge in [0.05, 0.1) is 6.54 Å². The van der Waals surface area contributed by atoms with Gasteiger partial charge in [-0.3, -0.25) is 9.69 Å². The highest BCUT2D eigenvalue weighted by atomic mass is 16.5. The molecule has 0 aromatic carbocycles. The van der Waals surface area contributed by atoms with Gasteiger partial charge in [-0.1, -0.05) is 0 Å². The Morgan fingerprint density at radius 3 is 3.14 bits per heavy atom. The van der Waals surface area contributed by atoms with Gasteiger partial charge < -0.3 is 20.7 Å². The number of hydrogen-bond donors (Lipinski definition) is 2. The third kappa shape index (κ3) is 5.45. The van der Waals surface area contributed by atoms with Crippen LogP contribution in [0.25, 0.3) is 0 Å². The van der Waals surface area contributed by atoms with E-state index in [0.717, 1.165) is 26.1 Å². The number of anilines is 1. The second-order valence-corrected chi connectivity index (χ2v) is 5.68. The Kier molecular flexibility index (Phi) is 5.91. The zero-order valence-electron chi connectivity index (χ0n) is 13.2. The number of nitrogens with zero attached hydrogens (tertiary/aromatic N) is 4. The minimum atomic E-state index is -0.310. The van der Waals surface area contributed by atoms with Crippen molar-refractivity contribution in [1.82, 2.24) is 19.8 Å². The Morgan fingerprint density at radius 2 is 2.41 bits per heavy atom. The average Bonchev–Trinajstić information content (AvgIpc) is 2.85. The lowest BCUT2D eigenvalue weighted by atomic mass is 10.3. The summed E-state index contributed by atoms with van der Waals surface area (Å²) >= 11 is 0. The van der Waals surface area contributed by atoms with Crippen LogP contribution in [-0.4, -0.2) is 78.6 Å². The number of carbonyl (C=O) groups is 1. The molecule has 3 N–H and O–H groups in total. The van der Waals surface area contributed by atoms with Gasteiger partial charge in [0, 0.05) is 38.4 Å². The molecule has 1 aromatic rings. The minimum Gasteiger partial charge on any atom is -0.473 e. The van der Waals surface area contributed by atoms with Gasteiger partial charge in [-0.15, -0.1) is 0 Å². The fraction of sp³-hybridized carbons (Fsp3) is 0.643. The number of carbonyl (C=O) groups excluding carboxylic acids is 1. The van der Waals surface area contributed by atoms with Gasteiger partial charge in [-0.05, 0) is 20.5 Å². The summed E-state index contributed by atoms with van der Waals surface area (Å²) in [6, 6.07) is 1.74. The van der Waals surface area contributed by atoms with E-state index in [4.69, 9.17) is 10.5 Å². The predicted octanol–water partition coefficient (Wildman–Crippen LogP) is -0.611. The number of rotatable bonds is 8. The number of ether oxygens (including phenoxy) is 1. The summed E-state index contributed by atoms with van der Waals surface area (Å²) in [6.07, 6.45) is 2.57. The maximum atomic E-state index is 10.9. The largest absolute Gasteiger partial charge is 0.473 e. The van der Waals surface area contributed by atoms with Crippen molar-refractivity contribution in [3.63, 3.8) is 0 Å². The van der Waals surface area contributed by atoms with Gasteiger partial charge >= 0.3 is 0 Å². The molecule has 122 valence electrons.